The summed E-state index contributed by atoms with van der Waals surface area (Å²) in [7, 11) is 0. The molecule has 1 aromatic heterocycles. The summed E-state index contributed by atoms with van der Waals surface area (Å²) in [5.74, 6) is 0. The number of pyridine rings is 1. The summed E-state index contributed by atoms with van der Waals surface area (Å²) >= 11 is 5.92. The van der Waals surface area contributed by atoms with Crippen LogP contribution < -0.4 is 10.2 Å². The van der Waals surface area contributed by atoms with Gasteiger partial charge in [0.15, 0.2) is 0 Å². The highest BCUT2D eigenvalue weighted by atomic mass is 35.5. The quantitative estimate of drug-likeness (QED) is 0.240. The molecular formula is C30H27ClF6N4O. The Bertz CT molecular complexity index is 1460. The molecule has 1 spiro atoms. The van der Waals surface area contributed by atoms with Gasteiger partial charge in [-0.15, -0.1) is 0 Å². The third-order valence-corrected chi connectivity index (χ3v) is 8.06. The van der Waals surface area contributed by atoms with Gasteiger partial charge in [0.25, 0.3) is 0 Å². The molecule has 1 saturated heterocycles. The van der Waals surface area contributed by atoms with Crippen LogP contribution in [0.5, 0.6) is 0 Å². The fraction of sp³-hybridized carbons (Fsp3) is 0.333. The molecule has 5 nitrogen and oxygen atoms in total. The van der Waals surface area contributed by atoms with Crippen molar-refractivity contribution >= 4 is 29.4 Å². The Morgan fingerprint density at radius 3 is 2.26 bits per heavy atom. The molecule has 5 rings (SSSR count). The van der Waals surface area contributed by atoms with Crippen LogP contribution in [0, 0.1) is 0 Å². The molecule has 3 heterocycles. The number of urea groups is 1. The normalized spacial score (nSPS) is 17.2. The number of aromatic nitrogens is 1. The minimum absolute atomic E-state index is 0.137. The molecule has 2 amide bonds. The average molecular weight is 609 g/mol. The van der Waals surface area contributed by atoms with E-state index in [0.29, 0.717) is 43.6 Å². The van der Waals surface area contributed by atoms with Crippen molar-refractivity contribution in [3.63, 3.8) is 0 Å². The van der Waals surface area contributed by atoms with Gasteiger partial charge in [0.2, 0.25) is 0 Å². The van der Waals surface area contributed by atoms with Gasteiger partial charge in [0.05, 0.1) is 11.1 Å². The number of rotatable bonds is 5. The fourth-order valence-electron chi connectivity index (χ4n) is 5.57. The van der Waals surface area contributed by atoms with Gasteiger partial charge >= 0.3 is 18.4 Å². The summed E-state index contributed by atoms with van der Waals surface area (Å²) in [4.78, 5) is 20.7. The minimum Gasteiger partial charge on any atom is -0.334 e. The van der Waals surface area contributed by atoms with Crippen LogP contribution in [0.25, 0.3) is 6.08 Å². The molecule has 1 N–H and O–H groups in total. The Balaban J connectivity index is 1.27. The molecule has 42 heavy (non-hydrogen) atoms. The Labute approximate surface area is 243 Å². The predicted octanol–water partition coefficient (Wildman–Crippen LogP) is 7.55. The van der Waals surface area contributed by atoms with E-state index in [9.17, 15) is 31.1 Å². The number of piperidine rings is 1. The largest absolute Gasteiger partial charge is 0.416 e. The maximum absolute atomic E-state index is 13.6. The highest BCUT2D eigenvalue weighted by molar-refractivity contribution is 6.29. The van der Waals surface area contributed by atoms with Crippen molar-refractivity contribution in [2.24, 2.45) is 0 Å². The van der Waals surface area contributed by atoms with Crippen molar-refractivity contribution in [2.45, 2.75) is 37.2 Å². The minimum atomic E-state index is -4.55. The lowest BCUT2D eigenvalue weighted by atomic mass is 9.74. The SMILES string of the molecule is O=C(NCc1ccnc(Cl)c1)N1CC2(CCN(CC=Cc3ccc(C(F)(F)F)cc3)CC2)c2ccc(C(F)(F)F)cc21. The van der Waals surface area contributed by atoms with Crippen LogP contribution in [0.2, 0.25) is 5.15 Å². The molecule has 1 fully saturated rings. The Morgan fingerprint density at radius 2 is 1.62 bits per heavy atom. The van der Waals surface area contributed by atoms with Gasteiger partial charge in [0.1, 0.15) is 5.15 Å². The average Bonchev–Trinajstić information content (AvgIpc) is 3.25. The van der Waals surface area contributed by atoms with Crippen LogP contribution in [0.15, 0.2) is 66.9 Å². The van der Waals surface area contributed by atoms with Gasteiger partial charge in [-0.05, 0) is 79.0 Å². The third kappa shape index (κ3) is 6.57. The van der Waals surface area contributed by atoms with E-state index in [0.717, 1.165) is 29.8 Å². The van der Waals surface area contributed by atoms with E-state index in [1.54, 1.807) is 18.2 Å². The zero-order chi connectivity index (χ0) is 30.1. The zero-order valence-electron chi connectivity index (χ0n) is 22.3. The van der Waals surface area contributed by atoms with Gasteiger partial charge in [0, 0.05) is 36.9 Å². The second-order valence-corrected chi connectivity index (χ2v) is 11.0. The molecular weight excluding hydrogens is 582 g/mol. The van der Waals surface area contributed by atoms with Crippen molar-refractivity contribution in [1.82, 2.24) is 15.2 Å². The van der Waals surface area contributed by atoms with Crippen LogP contribution in [0.4, 0.5) is 36.8 Å². The van der Waals surface area contributed by atoms with E-state index in [2.05, 4.69) is 15.2 Å². The highest BCUT2D eigenvalue weighted by Crippen LogP contribution is 2.48. The summed E-state index contributed by atoms with van der Waals surface area (Å²) in [5, 5.41) is 3.06. The number of fused-ring (bicyclic) bond motifs is 2. The number of nitrogens with zero attached hydrogens (tertiary/aromatic N) is 3. The number of likely N-dealkylation sites (tertiary alicyclic amines) is 1. The van der Waals surface area contributed by atoms with Crippen molar-refractivity contribution in [3.8, 4) is 0 Å². The van der Waals surface area contributed by atoms with E-state index in [-0.39, 0.29) is 23.9 Å². The second kappa shape index (κ2) is 11.6. The Morgan fingerprint density at radius 1 is 0.952 bits per heavy atom. The van der Waals surface area contributed by atoms with Gasteiger partial charge < -0.3 is 5.32 Å². The first kappa shape index (κ1) is 29.9. The highest BCUT2D eigenvalue weighted by Gasteiger charge is 2.47. The van der Waals surface area contributed by atoms with Crippen LogP contribution >= 0.6 is 11.6 Å². The van der Waals surface area contributed by atoms with Crippen LogP contribution in [0.3, 0.4) is 0 Å². The van der Waals surface area contributed by atoms with E-state index in [4.69, 9.17) is 11.6 Å². The number of anilines is 1. The number of hydrogen-bond donors (Lipinski definition) is 1. The maximum Gasteiger partial charge on any atom is 0.416 e. The van der Waals surface area contributed by atoms with Gasteiger partial charge in [-0.2, -0.15) is 26.3 Å². The van der Waals surface area contributed by atoms with Crippen LogP contribution in [-0.4, -0.2) is 42.1 Å². The molecule has 0 unspecified atom stereocenters. The first-order valence-electron chi connectivity index (χ1n) is 13.3. The Hall–Kier alpha value is -3.57. The molecule has 0 saturated carbocycles. The van der Waals surface area contributed by atoms with Gasteiger partial charge in [-0.25, -0.2) is 9.78 Å². The summed E-state index contributed by atoms with van der Waals surface area (Å²) in [6, 6.07) is 11.3. The molecule has 2 aliphatic heterocycles. The standard InChI is InChI=1S/C30H27ClF6N4O/c31-26-16-21(9-12-38-26)18-39-27(42)41-19-28(24-8-7-23(17-25(24)41)30(35,36)37)10-14-40(15-11-28)13-1-2-20-3-5-22(6-4-20)29(32,33)34/h1-9,12,16-17H,10-11,13-15,18-19H2,(H,39,42). The predicted molar refractivity (Wildman–Crippen MR) is 148 cm³/mol. The molecule has 2 aliphatic rings. The smallest absolute Gasteiger partial charge is 0.334 e. The van der Waals surface area contributed by atoms with E-state index in [1.807, 2.05) is 6.08 Å². The topological polar surface area (TPSA) is 48.5 Å². The lowest BCUT2D eigenvalue weighted by Crippen LogP contribution is -2.47. The molecule has 0 radical (unpaired) electrons. The number of nitrogens with one attached hydrogen (secondary N) is 1. The van der Waals surface area contributed by atoms with Crippen molar-refractivity contribution in [2.75, 3.05) is 31.1 Å². The third-order valence-electron chi connectivity index (χ3n) is 7.85. The number of alkyl halides is 6. The summed E-state index contributed by atoms with van der Waals surface area (Å²) in [6.45, 7) is 2.24. The lowest BCUT2D eigenvalue weighted by Gasteiger charge is -2.39. The van der Waals surface area contributed by atoms with E-state index >= 15 is 0 Å². The molecule has 12 heteroatoms. The van der Waals surface area contributed by atoms with Crippen molar-refractivity contribution < 1.29 is 31.1 Å². The van der Waals surface area contributed by atoms with Crippen molar-refractivity contribution in [1.29, 1.82) is 0 Å². The van der Waals surface area contributed by atoms with E-state index in [1.165, 1.54) is 29.3 Å². The zero-order valence-corrected chi connectivity index (χ0v) is 23.0. The van der Waals surface area contributed by atoms with Crippen molar-refractivity contribution in [3.05, 3.63) is 99.8 Å². The number of benzene rings is 2. The first-order valence-corrected chi connectivity index (χ1v) is 13.7. The monoisotopic (exact) mass is 608 g/mol. The number of halogens is 7. The second-order valence-electron chi connectivity index (χ2n) is 10.6. The first-order chi connectivity index (χ1) is 19.8. The Kier molecular flexibility index (Phi) is 8.26. The fourth-order valence-corrected chi connectivity index (χ4v) is 5.77. The number of carbonyl (C=O) groups is 1. The number of carbonyl (C=O) groups excluding carboxylic acids is 1. The lowest BCUT2D eigenvalue weighted by molar-refractivity contribution is -0.138. The summed E-state index contributed by atoms with van der Waals surface area (Å²) in [5.41, 5.74) is 0.317. The number of amides is 2. The number of hydrogen-bond acceptors (Lipinski definition) is 3. The summed E-state index contributed by atoms with van der Waals surface area (Å²) in [6.07, 6.45) is -2.54. The maximum atomic E-state index is 13.6. The molecule has 3 aromatic rings. The molecule has 0 bridgehead atoms. The van der Waals surface area contributed by atoms with Gasteiger partial charge in [-0.1, -0.05) is 42.0 Å². The molecule has 222 valence electrons. The van der Waals surface area contributed by atoms with E-state index < -0.39 is 34.9 Å². The molecule has 0 aliphatic carbocycles. The molecule has 2 aromatic carbocycles. The van der Waals surface area contributed by atoms with Gasteiger partial charge in [-0.3, -0.25) is 9.80 Å². The van der Waals surface area contributed by atoms with Crippen LogP contribution in [-0.2, 0) is 24.3 Å². The van der Waals surface area contributed by atoms with Crippen LogP contribution in [0.1, 0.15) is 40.7 Å². The molecule has 0 atom stereocenters. The summed E-state index contributed by atoms with van der Waals surface area (Å²) < 4.78 is 79.1.